The molecule has 0 unspecified atom stereocenters. The van der Waals surface area contributed by atoms with E-state index in [1.165, 1.54) is 26.3 Å². The van der Waals surface area contributed by atoms with E-state index in [1.54, 1.807) is 24.3 Å². The van der Waals surface area contributed by atoms with Crippen LogP contribution in [-0.4, -0.2) is 25.1 Å². The lowest BCUT2D eigenvalue weighted by Crippen LogP contribution is -2.26. The zero-order chi connectivity index (χ0) is 14.7. The van der Waals surface area contributed by atoms with E-state index < -0.39 is 11.7 Å². The minimum atomic E-state index is -0.555. The Morgan fingerprint density at radius 1 is 1.20 bits per heavy atom. The molecule has 2 N–H and O–H groups in total. The Hall–Kier alpha value is -2.40. The molecule has 20 heavy (non-hydrogen) atoms. The molecule has 0 aromatic heterocycles. The van der Waals surface area contributed by atoms with Crippen molar-refractivity contribution in [2.24, 2.45) is 0 Å². The summed E-state index contributed by atoms with van der Waals surface area (Å²) in [6, 6.07) is 11.6. The second-order valence-corrected chi connectivity index (χ2v) is 4.23. The molecule has 0 spiro atoms. The van der Waals surface area contributed by atoms with Gasteiger partial charge in [0, 0.05) is 12.6 Å². The van der Waals surface area contributed by atoms with Gasteiger partial charge >= 0.3 is 0 Å². The molecule has 104 valence electrons. The Kier molecular flexibility index (Phi) is 4.00. The number of nitrogen functional groups attached to an aromatic ring is 1. The van der Waals surface area contributed by atoms with Gasteiger partial charge in [-0.25, -0.2) is 9.45 Å². The second kappa shape index (κ2) is 5.71. The molecule has 0 saturated carbocycles. The van der Waals surface area contributed by atoms with Gasteiger partial charge in [0.15, 0.2) is 0 Å². The number of hydrogen-bond donors (Lipinski definition) is 1. The van der Waals surface area contributed by atoms with Gasteiger partial charge in [0.05, 0.1) is 18.4 Å². The van der Waals surface area contributed by atoms with Crippen molar-refractivity contribution in [3.63, 3.8) is 0 Å². The molecule has 0 fully saturated rings. The molecule has 0 heterocycles. The van der Waals surface area contributed by atoms with Crippen molar-refractivity contribution in [1.82, 2.24) is 5.06 Å². The molecule has 0 atom stereocenters. The molecule has 0 bridgehead atoms. The summed E-state index contributed by atoms with van der Waals surface area (Å²) in [5, 5.41) is 1.07. The van der Waals surface area contributed by atoms with Crippen LogP contribution in [0.15, 0.2) is 42.5 Å². The van der Waals surface area contributed by atoms with E-state index in [1.807, 2.05) is 6.07 Å². The first-order chi connectivity index (χ1) is 9.56. The largest absolute Gasteiger partial charge is 0.396 e. The monoisotopic (exact) mass is 274 g/mol. The van der Waals surface area contributed by atoms with Crippen LogP contribution in [0.5, 0.6) is 0 Å². The van der Waals surface area contributed by atoms with Crippen molar-refractivity contribution in [2.75, 3.05) is 19.9 Å². The van der Waals surface area contributed by atoms with Gasteiger partial charge in [-0.2, -0.15) is 0 Å². The molecule has 2 aromatic carbocycles. The zero-order valence-corrected chi connectivity index (χ0v) is 11.3. The van der Waals surface area contributed by atoms with Gasteiger partial charge in [0.1, 0.15) is 5.82 Å². The van der Waals surface area contributed by atoms with Gasteiger partial charge < -0.3 is 5.73 Å². The van der Waals surface area contributed by atoms with Crippen LogP contribution < -0.4 is 5.73 Å². The lowest BCUT2D eigenvalue weighted by atomic mass is 9.97. The van der Waals surface area contributed by atoms with Gasteiger partial charge in [-0.15, -0.1) is 0 Å². The number of rotatable bonds is 3. The molecule has 0 radical (unpaired) electrons. The standard InChI is InChI=1S/C15H15FN2O2/c1-18(20-2)15(19)11-8-9-12(16)14(17)13(11)10-6-4-3-5-7-10/h3-9H,17H2,1-2H3. The SMILES string of the molecule is CON(C)C(=O)c1ccc(F)c(N)c1-c1ccccc1. The highest BCUT2D eigenvalue weighted by Crippen LogP contribution is 2.32. The van der Waals surface area contributed by atoms with Crippen molar-refractivity contribution in [3.8, 4) is 11.1 Å². The van der Waals surface area contributed by atoms with E-state index >= 15 is 0 Å². The van der Waals surface area contributed by atoms with E-state index in [2.05, 4.69) is 0 Å². The molecule has 5 heteroatoms. The zero-order valence-electron chi connectivity index (χ0n) is 11.3. The molecule has 4 nitrogen and oxygen atoms in total. The van der Waals surface area contributed by atoms with Crippen LogP contribution in [0.1, 0.15) is 10.4 Å². The van der Waals surface area contributed by atoms with E-state index in [0.29, 0.717) is 16.7 Å². The van der Waals surface area contributed by atoms with Crippen LogP contribution in [-0.2, 0) is 4.84 Å². The minimum Gasteiger partial charge on any atom is -0.396 e. The molecule has 0 aliphatic carbocycles. The number of hydrogen-bond acceptors (Lipinski definition) is 3. The fourth-order valence-corrected chi connectivity index (χ4v) is 1.94. The van der Waals surface area contributed by atoms with E-state index in [-0.39, 0.29) is 5.69 Å². The molecule has 2 aromatic rings. The lowest BCUT2D eigenvalue weighted by Gasteiger charge is -2.18. The number of carbonyl (C=O) groups is 1. The van der Waals surface area contributed by atoms with E-state index in [4.69, 9.17) is 10.6 Å². The third-order valence-electron chi connectivity index (χ3n) is 3.05. The molecular weight excluding hydrogens is 259 g/mol. The summed E-state index contributed by atoms with van der Waals surface area (Å²) in [6.07, 6.45) is 0. The molecule has 0 aliphatic rings. The summed E-state index contributed by atoms with van der Waals surface area (Å²) in [5.74, 6) is -0.946. The first-order valence-corrected chi connectivity index (χ1v) is 6.01. The Morgan fingerprint density at radius 2 is 1.85 bits per heavy atom. The highest BCUT2D eigenvalue weighted by molar-refractivity contribution is 6.03. The van der Waals surface area contributed by atoms with Crippen molar-refractivity contribution in [3.05, 3.63) is 53.8 Å². The quantitative estimate of drug-likeness (QED) is 0.691. The van der Waals surface area contributed by atoms with Crippen molar-refractivity contribution in [1.29, 1.82) is 0 Å². The van der Waals surface area contributed by atoms with Crippen LogP contribution in [0.4, 0.5) is 10.1 Å². The van der Waals surface area contributed by atoms with Gasteiger partial charge in [-0.05, 0) is 17.7 Å². The maximum atomic E-state index is 13.7. The summed E-state index contributed by atoms with van der Waals surface area (Å²) >= 11 is 0. The minimum absolute atomic E-state index is 0.0495. The fourth-order valence-electron chi connectivity index (χ4n) is 1.94. The summed E-state index contributed by atoms with van der Waals surface area (Å²) < 4.78 is 13.7. The Labute approximate surface area is 116 Å². The summed E-state index contributed by atoms with van der Waals surface area (Å²) in [5.41, 5.74) is 7.10. The topological polar surface area (TPSA) is 55.6 Å². The molecule has 0 saturated heterocycles. The van der Waals surface area contributed by atoms with Crippen LogP contribution in [0.25, 0.3) is 11.1 Å². The first kappa shape index (κ1) is 14.0. The highest BCUT2D eigenvalue weighted by Gasteiger charge is 2.20. The number of carbonyl (C=O) groups excluding carboxylic acids is 1. The second-order valence-electron chi connectivity index (χ2n) is 4.23. The van der Waals surface area contributed by atoms with Crippen molar-refractivity contribution in [2.45, 2.75) is 0 Å². The van der Waals surface area contributed by atoms with Crippen LogP contribution in [0.3, 0.4) is 0 Å². The molecule has 0 aliphatic heterocycles. The molecular formula is C15H15FN2O2. The van der Waals surface area contributed by atoms with Gasteiger partial charge in [0.25, 0.3) is 5.91 Å². The maximum Gasteiger partial charge on any atom is 0.277 e. The number of nitrogens with zero attached hydrogens (tertiary/aromatic N) is 1. The fraction of sp³-hybridized carbons (Fsp3) is 0.133. The number of anilines is 1. The van der Waals surface area contributed by atoms with Crippen molar-refractivity contribution < 1.29 is 14.0 Å². The molecule has 2 rings (SSSR count). The first-order valence-electron chi connectivity index (χ1n) is 6.01. The van der Waals surface area contributed by atoms with Gasteiger partial charge in [0.2, 0.25) is 0 Å². The predicted octanol–water partition coefficient (Wildman–Crippen LogP) is 2.71. The van der Waals surface area contributed by atoms with Crippen molar-refractivity contribution >= 4 is 11.6 Å². The van der Waals surface area contributed by atoms with Crippen LogP contribution >= 0.6 is 0 Å². The number of hydroxylamine groups is 2. The van der Waals surface area contributed by atoms with E-state index in [9.17, 15) is 9.18 Å². The third kappa shape index (κ3) is 2.48. The smallest absolute Gasteiger partial charge is 0.277 e. The van der Waals surface area contributed by atoms with Crippen LogP contribution in [0, 0.1) is 5.82 Å². The lowest BCUT2D eigenvalue weighted by molar-refractivity contribution is -0.0756. The van der Waals surface area contributed by atoms with E-state index in [0.717, 1.165) is 5.06 Å². The highest BCUT2D eigenvalue weighted by atomic mass is 19.1. The Bertz CT molecular complexity index is 629. The summed E-state index contributed by atoms with van der Waals surface area (Å²) in [6.45, 7) is 0. The maximum absolute atomic E-state index is 13.7. The van der Waals surface area contributed by atoms with Gasteiger partial charge in [-0.1, -0.05) is 30.3 Å². The average Bonchev–Trinajstić information content (AvgIpc) is 2.49. The number of amides is 1. The Morgan fingerprint density at radius 3 is 2.45 bits per heavy atom. The van der Waals surface area contributed by atoms with Gasteiger partial charge in [-0.3, -0.25) is 9.63 Å². The summed E-state index contributed by atoms with van der Waals surface area (Å²) in [4.78, 5) is 17.1. The normalized spacial score (nSPS) is 10.3. The number of benzene rings is 2. The summed E-state index contributed by atoms with van der Waals surface area (Å²) in [7, 11) is 2.86. The predicted molar refractivity (Wildman–Crippen MR) is 75.4 cm³/mol. The number of nitrogens with two attached hydrogens (primary N) is 1. The Balaban J connectivity index is 2.65. The third-order valence-corrected chi connectivity index (χ3v) is 3.05. The number of halogens is 1. The van der Waals surface area contributed by atoms with Crippen LogP contribution in [0.2, 0.25) is 0 Å². The average molecular weight is 274 g/mol. The molecule has 1 amide bonds.